The minimum Gasteiger partial charge on any atom is -0.370 e. The van der Waals surface area contributed by atoms with Crippen molar-refractivity contribution in [3.05, 3.63) is 24.0 Å². The molecule has 0 aromatic carbocycles. The molecule has 2 atom stereocenters. The molecule has 1 aromatic heterocycles. The van der Waals surface area contributed by atoms with Gasteiger partial charge in [-0.25, -0.2) is 0 Å². The van der Waals surface area contributed by atoms with E-state index in [0.717, 1.165) is 30.6 Å². The van der Waals surface area contributed by atoms with Gasteiger partial charge in [-0.05, 0) is 50.2 Å². The molecule has 2 unspecified atom stereocenters. The Morgan fingerprint density at radius 1 is 1.21 bits per heavy atom. The zero-order valence-corrected chi connectivity index (χ0v) is 12.5. The van der Waals surface area contributed by atoms with Crippen LogP contribution in [0.1, 0.15) is 51.8 Å². The standard InChI is InChI=1S/C16H27N3/c1-12(2)14-5-4-9-19(10-8-14)15-6-7-16(13(3)17)18-11-15/h6-7,11-14H,4-5,8-10,17H2,1-3H3. The summed E-state index contributed by atoms with van der Waals surface area (Å²) < 4.78 is 0. The number of pyridine rings is 1. The van der Waals surface area contributed by atoms with Crippen molar-refractivity contribution >= 4 is 5.69 Å². The first kappa shape index (κ1) is 14.3. The smallest absolute Gasteiger partial charge is 0.0569 e. The molecule has 1 aliphatic heterocycles. The van der Waals surface area contributed by atoms with Gasteiger partial charge in [0, 0.05) is 19.1 Å². The minimum absolute atomic E-state index is 0.0171. The predicted octanol–water partition coefficient (Wildman–Crippen LogP) is 3.36. The fourth-order valence-electron chi connectivity index (χ4n) is 2.90. The zero-order chi connectivity index (χ0) is 13.8. The summed E-state index contributed by atoms with van der Waals surface area (Å²) in [6, 6.07) is 4.25. The second kappa shape index (κ2) is 6.38. The number of anilines is 1. The van der Waals surface area contributed by atoms with Crippen LogP contribution in [-0.4, -0.2) is 18.1 Å². The van der Waals surface area contributed by atoms with Crippen molar-refractivity contribution in [3.63, 3.8) is 0 Å². The van der Waals surface area contributed by atoms with Crippen molar-refractivity contribution in [1.82, 2.24) is 4.98 Å². The highest BCUT2D eigenvalue weighted by Gasteiger charge is 2.19. The van der Waals surface area contributed by atoms with E-state index >= 15 is 0 Å². The molecule has 0 amide bonds. The van der Waals surface area contributed by atoms with Crippen LogP contribution in [-0.2, 0) is 0 Å². The van der Waals surface area contributed by atoms with Gasteiger partial charge < -0.3 is 10.6 Å². The molecule has 0 radical (unpaired) electrons. The lowest BCUT2D eigenvalue weighted by atomic mass is 9.89. The molecule has 106 valence electrons. The number of hydrogen-bond donors (Lipinski definition) is 1. The van der Waals surface area contributed by atoms with E-state index in [1.165, 1.54) is 24.9 Å². The van der Waals surface area contributed by atoms with Gasteiger partial charge in [0.2, 0.25) is 0 Å². The van der Waals surface area contributed by atoms with Crippen molar-refractivity contribution in [2.75, 3.05) is 18.0 Å². The molecule has 2 N–H and O–H groups in total. The first-order chi connectivity index (χ1) is 9.08. The molecule has 0 saturated carbocycles. The van der Waals surface area contributed by atoms with E-state index in [2.05, 4.69) is 35.9 Å². The molecule has 0 spiro atoms. The molecular weight excluding hydrogens is 234 g/mol. The number of hydrogen-bond acceptors (Lipinski definition) is 3. The van der Waals surface area contributed by atoms with Crippen LogP contribution in [0.2, 0.25) is 0 Å². The number of aromatic nitrogens is 1. The molecular formula is C16H27N3. The lowest BCUT2D eigenvalue weighted by Gasteiger charge is -2.23. The zero-order valence-electron chi connectivity index (χ0n) is 12.5. The Labute approximate surface area is 117 Å². The van der Waals surface area contributed by atoms with E-state index in [-0.39, 0.29) is 6.04 Å². The van der Waals surface area contributed by atoms with E-state index in [9.17, 15) is 0 Å². The molecule has 0 aliphatic carbocycles. The predicted molar refractivity (Wildman–Crippen MR) is 81.2 cm³/mol. The lowest BCUT2D eigenvalue weighted by molar-refractivity contribution is 0.351. The van der Waals surface area contributed by atoms with E-state index in [0.29, 0.717) is 0 Å². The Morgan fingerprint density at radius 2 is 2.00 bits per heavy atom. The van der Waals surface area contributed by atoms with Crippen molar-refractivity contribution < 1.29 is 0 Å². The molecule has 1 saturated heterocycles. The van der Waals surface area contributed by atoms with Gasteiger partial charge in [0.15, 0.2) is 0 Å². The average molecular weight is 261 g/mol. The van der Waals surface area contributed by atoms with Gasteiger partial charge >= 0.3 is 0 Å². The quantitative estimate of drug-likeness (QED) is 0.907. The van der Waals surface area contributed by atoms with Crippen LogP contribution in [0.4, 0.5) is 5.69 Å². The molecule has 1 aromatic rings. The van der Waals surface area contributed by atoms with Gasteiger partial charge in [0.25, 0.3) is 0 Å². The maximum atomic E-state index is 5.84. The van der Waals surface area contributed by atoms with Crippen LogP contribution < -0.4 is 10.6 Å². The van der Waals surface area contributed by atoms with Crippen LogP contribution in [0, 0.1) is 11.8 Å². The first-order valence-corrected chi connectivity index (χ1v) is 7.54. The fraction of sp³-hybridized carbons (Fsp3) is 0.688. The minimum atomic E-state index is 0.0171. The second-order valence-electron chi connectivity index (χ2n) is 6.15. The Morgan fingerprint density at radius 3 is 2.58 bits per heavy atom. The number of nitrogens with zero attached hydrogens (tertiary/aromatic N) is 2. The topological polar surface area (TPSA) is 42.1 Å². The summed E-state index contributed by atoms with van der Waals surface area (Å²) in [6.45, 7) is 8.98. The molecule has 3 nitrogen and oxygen atoms in total. The summed E-state index contributed by atoms with van der Waals surface area (Å²) in [7, 11) is 0. The van der Waals surface area contributed by atoms with Gasteiger partial charge in [-0.3, -0.25) is 4.98 Å². The summed E-state index contributed by atoms with van der Waals surface area (Å²) in [5, 5.41) is 0. The molecule has 2 rings (SSSR count). The number of nitrogens with two attached hydrogens (primary N) is 1. The molecule has 1 aliphatic rings. The van der Waals surface area contributed by atoms with Crippen LogP contribution in [0.3, 0.4) is 0 Å². The van der Waals surface area contributed by atoms with E-state index in [1.54, 1.807) is 0 Å². The van der Waals surface area contributed by atoms with Crippen molar-refractivity contribution in [2.45, 2.75) is 46.1 Å². The summed E-state index contributed by atoms with van der Waals surface area (Å²) in [5.41, 5.74) is 8.06. The van der Waals surface area contributed by atoms with Crippen LogP contribution in [0.5, 0.6) is 0 Å². The molecule has 3 heteroatoms. The third-order valence-electron chi connectivity index (χ3n) is 4.32. The largest absolute Gasteiger partial charge is 0.370 e. The third-order valence-corrected chi connectivity index (χ3v) is 4.32. The maximum Gasteiger partial charge on any atom is 0.0569 e. The van der Waals surface area contributed by atoms with Crippen molar-refractivity contribution in [3.8, 4) is 0 Å². The first-order valence-electron chi connectivity index (χ1n) is 7.54. The molecule has 0 bridgehead atoms. The van der Waals surface area contributed by atoms with Gasteiger partial charge in [0.1, 0.15) is 0 Å². The monoisotopic (exact) mass is 261 g/mol. The van der Waals surface area contributed by atoms with Gasteiger partial charge in [-0.1, -0.05) is 13.8 Å². The number of rotatable bonds is 3. The summed E-state index contributed by atoms with van der Waals surface area (Å²) >= 11 is 0. The summed E-state index contributed by atoms with van der Waals surface area (Å²) in [6.07, 6.45) is 5.93. The van der Waals surface area contributed by atoms with E-state index < -0.39 is 0 Å². The normalized spacial score (nSPS) is 22.4. The van der Waals surface area contributed by atoms with Crippen molar-refractivity contribution in [2.24, 2.45) is 17.6 Å². The summed E-state index contributed by atoms with van der Waals surface area (Å²) in [4.78, 5) is 6.94. The summed E-state index contributed by atoms with van der Waals surface area (Å²) in [5.74, 6) is 1.68. The Balaban J connectivity index is 2.01. The lowest BCUT2D eigenvalue weighted by Crippen LogP contribution is -2.24. The Bertz CT molecular complexity index is 383. The average Bonchev–Trinajstić information content (AvgIpc) is 2.64. The Kier molecular flexibility index (Phi) is 4.81. The van der Waals surface area contributed by atoms with Crippen molar-refractivity contribution in [1.29, 1.82) is 0 Å². The molecule has 2 heterocycles. The fourth-order valence-corrected chi connectivity index (χ4v) is 2.90. The molecule has 1 fully saturated rings. The van der Waals surface area contributed by atoms with Gasteiger partial charge in [-0.15, -0.1) is 0 Å². The van der Waals surface area contributed by atoms with Gasteiger partial charge in [-0.2, -0.15) is 0 Å². The Hall–Kier alpha value is -1.09. The molecule has 19 heavy (non-hydrogen) atoms. The second-order valence-corrected chi connectivity index (χ2v) is 6.15. The third kappa shape index (κ3) is 3.69. The van der Waals surface area contributed by atoms with E-state index in [4.69, 9.17) is 5.73 Å². The van der Waals surface area contributed by atoms with Gasteiger partial charge in [0.05, 0.1) is 17.6 Å². The van der Waals surface area contributed by atoms with Crippen LogP contribution in [0.25, 0.3) is 0 Å². The maximum absolute atomic E-state index is 5.84. The van der Waals surface area contributed by atoms with Crippen LogP contribution in [0.15, 0.2) is 18.3 Å². The van der Waals surface area contributed by atoms with Crippen LogP contribution >= 0.6 is 0 Å². The SMILES string of the molecule is CC(N)c1ccc(N2CCCC(C(C)C)CC2)cn1. The highest BCUT2D eigenvalue weighted by Crippen LogP contribution is 2.27. The van der Waals surface area contributed by atoms with E-state index in [1.807, 2.05) is 13.1 Å². The highest BCUT2D eigenvalue weighted by molar-refractivity contribution is 5.44. The highest BCUT2D eigenvalue weighted by atomic mass is 15.1.